The van der Waals surface area contributed by atoms with E-state index in [2.05, 4.69) is 6.07 Å². The van der Waals surface area contributed by atoms with E-state index in [0.29, 0.717) is 12.4 Å². The van der Waals surface area contributed by atoms with Crippen LogP contribution in [0.15, 0.2) is 35.7 Å². The lowest BCUT2D eigenvalue weighted by molar-refractivity contribution is 0.316. The Morgan fingerprint density at radius 2 is 2.22 bits per heavy atom. The highest BCUT2D eigenvalue weighted by Gasteiger charge is 2.09. The normalized spacial score (nSPS) is 12.4. The third-order valence-corrected chi connectivity index (χ3v) is 3.59. The van der Waals surface area contributed by atoms with E-state index in [9.17, 15) is 4.39 Å². The van der Waals surface area contributed by atoms with Gasteiger partial charge in [-0.05, 0) is 24.4 Å². The molecule has 0 saturated heterocycles. The molecule has 1 aromatic carbocycles. The van der Waals surface area contributed by atoms with Crippen LogP contribution in [0.1, 0.15) is 23.4 Å². The molecular formula is C14H16FNOS. The molecule has 18 heavy (non-hydrogen) atoms. The summed E-state index contributed by atoms with van der Waals surface area (Å²) in [5.41, 5.74) is 6.67. The first kappa shape index (κ1) is 13.1. The van der Waals surface area contributed by atoms with E-state index >= 15 is 0 Å². The highest BCUT2D eigenvalue weighted by Crippen LogP contribution is 2.25. The van der Waals surface area contributed by atoms with Gasteiger partial charge in [0.1, 0.15) is 11.6 Å². The van der Waals surface area contributed by atoms with Crippen molar-refractivity contribution >= 4 is 11.3 Å². The van der Waals surface area contributed by atoms with Crippen LogP contribution in [-0.2, 0) is 6.42 Å². The van der Waals surface area contributed by atoms with Crippen LogP contribution in [0.2, 0.25) is 0 Å². The van der Waals surface area contributed by atoms with Crippen molar-refractivity contribution in [2.24, 2.45) is 5.73 Å². The minimum Gasteiger partial charge on any atom is -0.493 e. The first-order chi connectivity index (χ1) is 8.66. The van der Waals surface area contributed by atoms with Gasteiger partial charge >= 0.3 is 0 Å². The summed E-state index contributed by atoms with van der Waals surface area (Å²) in [6, 6.07) is 8.39. The van der Waals surface area contributed by atoms with Gasteiger partial charge in [0.15, 0.2) is 0 Å². The van der Waals surface area contributed by atoms with Crippen LogP contribution in [0.25, 0.3) is 0 Å². The Kier molecular flexibility index (Phi) is 4.33. The van der Waals surface area contributed by atoms with E-state index in [-0.39, 0.29) is 11.9 Å². The lowest BCUT2D eigenvalue weighted by Gasteiger charge is -2.13. The summed E-state index contributed by atoms with van der Waals surface area (Å²) in [7, 11) is 0. The number of thiophene rings is 1. The van der Waals surface area contributed by atoms with Crippen LogP contribution < -0.4 is 10.5 Å². The molecule has 96 valence electrons. The molecule has 0 amide bonds. The molecule has 1 atom stereocenters. The van der Waals surface area contributed by atoms with E-state index in [1.54, 1.807) is 17.4 Å². The number of hydrogen-bond acceptors (Lipinski definition) is 3. The summed E-state index contributed by atoms with van der Waals surface area (Å²) in [5, 5.41) is 2.03. The standard InChI is InChI=1S/C14H16FNOS/c1-10(16)13-5-4-11(15)9-14(13)17-7-6-12-3-2-8-18-12/h2-5,8-10H,6-7,16H2,1H3/t10-/m1/s1. The highest BCUT2D eigenvalue weighted by atomic mass is 32.1. The maximum atomic E-state index is 13.2. The third-order valence-electron chi connectivity index (χ3n) is 2.65. The highest BCUT2D eigenvalue weighted by molar-refractivity contribution is 7.09. The molecule has 0 aliphatic rings. The van der Waals surface area contributed by atoms with Gasteiger partial charge in [-0.15, -0.1) is 11.3 Å². The second-order valence-corrected chi connectivity index (χ2v) is 5.18. The number of nitrogens with two attached hydrogens (primary N) is 1. The van der Waals surface area contributed by atoms with E-state index in [0.717, 1.165) is 12.0 Å². The topological polar surface area (TPSA) is 35.2 Å². The summed E-state index contributed by atoms with van der Waals surface area (Å²) in [4.78, 5) is 1.26. The van der Waals surface area contributed by atoms with Gasteiger partial charge in [0.25, 0.3) is 0 Å². The summed E-state index contributed by atoms with van der Waals surface area (Å²) in [5.74, 6) is 0.243. The molecule has 0 radical (unpaired) electrons. The Balaban J connectivity index is 2.01. The monoisotopic (exact) mass is 265 g/mol. The molecule has 0 saturated carbocycles. The first-order valence-corrected chi connectivity index (χ1v) is 6.75. The molecule has 1 heterocycles. The van der Waals surface area contributed by atoms with Crippen molar-refractivity contribution in [3.05, 3.63) is 52.0 Å². The molecule has 0 fully saturated rings. The Hall–Kier alpha value is -1.39. The summed E-state index contributed by atoms with van der Waals surface area (Å²) < 4.78 is 18.8. The van der Waals surface area contributed by atoms with Gasteiger partial charge in [0.2, 0.25) is 0 Å². The van der Waals surface area contributed by atoms with Crippen LogP contribution in [-0.4, -0.2) is 6.61 Å². The predicted molar refractivity (Wildman–Crippen MR) is 72.5 cm³/mol. The van der Waals surface area contributed by atoms with Crippen LogP contribution >= 0.6 is 11.3 Å². The number of benzene rings is 1. The summed E-state index contributed by atoms with van der Waals surface area (Å²) in [6.07, 6.45) is 0.826. The average molecular weight is 265 g/mol. The van der Waals surface area contributed by atoms with E-state index in [1.165, 1.54) is 17.0 Å². The fourth-order valence-corrected chi connectivity index (χ4v) is 2.42. The molecule has 2 aromatic rings. The zero-order valence-corrected chi connectivity index (χ0v) is 11.0. The minimum absolute atomic E-state index is 0.165. The molecular weight excluding hydrogens is 249 g/mol. The SMILES string of the molecule is C[C@@H](N)c1ccc(F)cc1OCCc1cccs1. The summed E-state index contributed by atoms with van der Waals surface area (Å²) in [6.45, 7) is 2.39. The Morgan fingerprint density at radius 3 is 2.89 bits per heavy atom. The lowest BCUT2D eigenvalue weighted by Crippen LogP contribution is -2.09. The largest absolute Gasteiger partial charge is 0.493 e. The summed E-state index contributed by atoms with van der Waals surface area (Å²) >= 11 is 1.69. The van der Waals surface area contributed by atoms with E-state index in [4.69, 9.17) is 10.5 Å². The third kappa shape index (κ3) is 3.31. The van der Waals surface area contributed by atoms with Crippen molar-refractivity contribution in [2.75, 3.05) is 6.61 Å². The van der Waals surface area contributed by atoms with Crippen LogP contribution in [0.5, 0.6) is 5.75 Å². The Labute approximate surface area is 110 Å². The first-order valence-electron chi connectivity index (χ1n) is 5.87. The molecule has 2 rings (SSSR count). The number of hydrogen-bond donors (Lipinski definition) is 1. The van der Waals surface area contributed by atoms with Crippen molar-refractivity contribution in [1.82, 2.24) is 0 Å². The Morgan fingerprint density at radius 1 is 1.39 bits per heavy atom. The molecule has 0 bridgehead atoms. The zero-order chi connectivity index (χ0) is 13.0. The van der Waals surface area contributed by atoms with Gasteiger partial charge < -0.3 is 10.5 Å². The second kappa shape index (κ2) is 5.98. The zero-order valence-electron chi connectivity index (χ0n) is 10.2. The van der Waals surface area contributed by atoms with Crippen molar-refractivity contribution < 1.29 is 9.13 Å². The lowest BCUT2D eigenvalue weighted by atomic mass is 10.1. The minimum atomic E-state index is -0.300. The van der Waals surface area contributed by atoms with Crippen molar-refractivity contribution in [3.63, 3.8) is 0 Å². The smallest absolute Gasteiger partial charge is 0.126 e. The van der Waals surface area contributed by atoms with E-state index in [1.807, 2.05) is 18.4 Å². The molecule has 2 nitrogen and oxygen atoms in total. The van der Waals surface area contributed by atoms with Crippen molar-refractivity contribution in [2.45, 2.75) is 19.4 Å². The molecule has 0 aliphatic heterocycles. The van der Waals surface area contributed by atoms with Crippen molar-refractivity contribution in [3.8, 4) is 5.75 Å². The van der Waals surface area contributed by atoms with Gasteiger partial charge in [-0.2, -0.15) is 0 Å². The molecule has 4 heteroatoms. The maximum Gasteiger partial charge on any atom is 0.126 e. The van der Waals surface area contributed by atoms with Crippen LogP contribution in [0, 0.1) is 5.82 Å². The number of ether oxygens (including phenoxy) is 1. The molecule has 0 aliphatic carbocycles. The molecule has 2 N–H and O–H groups in total. The fourth-order valence-electron chi connectivity index (χ4n) is 1.73. The average Bonchev–Trinajstić information content (AvgIpc) is 2.82. The van der Waals surface area contributed by atoms with Crippen molar-refractivity contribution in [1.29, 1.82) is 0 Å². The fraction of sp³-hybridized carbons (Fsp3) is 0.286. The van der Waals surface area contributed by atoms with E-state index < -0.39 is 0 Å². The van der Waals surface area contributed by atoms with Gasteiger partial charge in [0, 0.05) is 29.0 Å². The van der Waals surface area contributed by atoms with Gasteiger partial charge in [0.05, 0.1) is 6.61 Å². The molecule has 0 spiro atoms. The number of rotatable bonds is 5. The van der Waals surface area contributed by atoms with Crippen LogP contribution in [0.3, 0.4) is 0 Å². The van der Waals surface area contributed by atoms with Gasteiger partial charge in [-0.25, -0.2) is 4.39 Å². The van der Waals surface area contributed by atoms with Gasteiger partial charge in [-0.1, -0.05) is 12.1 Å². The maximum absolute atomic E-state index is 13.2. The molecule has 0 unspecified atom stereocenters. The van der Waals surface area contributed by atoms with Crippen LogP contribution in [0.4, 0.5) is 4.39 Å². The quantitative estimate of drug-likeness (QED) is 0.897. The predicted octanol–water partition coefficient (Wildman–Crippen LogP) is 3.53. The Bertz CT molecular complexity index is 497. The van der Waals surface area contributed by atoms with Gasteiger partial charge in [-0.3, -0.25) is 0 Å². The molecule has 1 aromatic heterocycles. The second-order valence-electron chi connectivity index (χ2n) is 4.15. The number of halogens is 1.